The molecule has 194 valence electrons. The average Bonchev–Trinajstić information content (AvgIpc) is 2.93. The molecular formula is C30H34ClN3O3. The standard InChI is InChI=1S/C30H34ClN3O3/c1-2-22-11-13-27(14-12-22)33-30(36)37-21-24-9-7-23(8-10-24)20-34-17-15-25(16-18-34)29(35)32-19-26-5-3-4-6-28(26)31/h3-14,25H,2,15-21H2,1H3,(H,32,35)(H,33,36). The normalized spacial score (nSPS) is 14.2. The molecule has 3 aromatic rings. The second kappa shape index (κ2) is 13.3. The lowest BCUT2D eigenvalue weighted by molar-refractivity contribution is -0.126. The fourth-order valence-electron chi connectivity index (χ4n) is 4.45. The number of anilines is 1. The predicted molar refractivity (Wildman–Crippen MR) is 147 cm³/mol. The molecule has 4 rings (SSSR count). The third-order valence-electron chi connectivity index (χ3n) is 6.78. The number of nitrogens with one attached hydrogen (secondary N) is 2. The second-order valence-corrected chi connectivity index (χ2v) is 9.83. The molecule has 1 heterocycles. The van der Waals surface area contributed by atoms with Crippen molar-refractivity contribution in [3.8, 4) is 0 Å². The van der Waals surface area contributed by atoms with Crippen molar-refractivity contribution in [1.29, 1.82) is 0 Å². The molecule has 3 aromatic carbocycles. The van der Waals surface area contributed by atoms with Crippen molar-refractivity contribution in [2.45, 2.75) is 45.9 Å². The van der Waals surface area contributed by atoms with Gasteiger partial charge in [0.1, 0.15) is 6.61 Å². The Morgan fingerprint density at radius 3 is 2.24 bits per heavy atom. The molecule has 1 aliphatic heterocycles. The Kier molecular flexibility index (Phi) is 9.58. The number of piperidine rings is 1. The van der Waals surface area contributed by atoms with Crippen LogP contribution in [0, 0.1) is 5.92 Å². The summed E-state index contributed by atoms with van der Waals surface area (Å²) in [5.41, 5.74) is 5.02. The lowest BCUT2D eigenvalue weighted by Crippen LogP contribution is -2.40. The zero-order valence-electron chi connectivity index (χ0n) is 21.2. The summed E-state index contributed by atoms with van der Waals surface area (Å²) in [6, 6.07) is 23.5. The molecule has 0 spiro atoms. The molecule has 2 amide bonds. The van der Waals surface area contributed by atoms with Crippen molar-refractivity contribution in [2.24, 2.45) is 5.92 Å². The van der Waals surface area contributed by atoms with Crippen LogP contribution in [0.4, 0.5) is 10.5 Å². The monoisotopic (exact) mass is 519 g/mol. The van der Waals surface area contributed by atoms with E-state index in [4.69, 9.17) is 16.3 Å². The number of nitrogens with zero attached hydrogens (tertiary/aromatic N) is 1. The van der Waals surface area contributed by atoms with E-state index in [-0.39, 0.29) is 18.4 Å². The van der Waals surface area contributed by atoms with Crippen molar-refractivity contribution in [3.63, 3.8) is 0 Å². The van der Waals surface area contributed by atoms with Crippen LogP contribution in [0.5, 0.6) is 0 Å². The topological polar surface area (TPSA) is 70.7 Å². The summed E-state index contributed by atoms with van der Waals surface area (Å²) in [7, 11) is 0. The van der Waals surface area contributed by atoms with Crippen LogP contribution in [0.15, 0.2) is 72.8 Å². The number of ether oxygens (including phenoxy) is 1. The minimum Gasteiger partial charge on any atom is -0.444 e. The van der Waals surface area contributed by atoms with Gasteiger partial charge in [-0.2, -0.15) is 0 Å². The van der Waals surface area contributed by atoms with Gasteiger partial charge in [-0.15, -0.1) is 0 Å². The summed E-state index contributed by atoms with van der Waals surface area (Å²) in [5.74, 6) is 0.139. The van der Waals surface area contributed by atoms with Crippen molar-refractivity contribution in [3.05, 3.63) is 100 Å². The first-order chi connectivity index (χ1) is 18.0. The van der Waals surface area contributed by atoms with Gasteiger partial charge in [-0.3, -0.25) is 15.0 Å². The molecule has 7 heteroatoms. The molecule has 6 nitrogen and oxygen atoms in total. The minimum absolute atomic E-state index is 0.0361. The highest BCUT2D eigenvalue weighted by molar-refractivity contribution is 6.31. The van der Waals surface area contributed by atoms with Gasteiger partial charge < -0.3 is 10.1 Å². The number of hydrogen-bond acceptors (Lipinski definition) is 4. The first-order valence-electron chi connectivity index (χ1n) is 12.8. The lowest BCUT2D eigenvalue weighted by atomic mass is 9.95. The number of carbonyl (C=O) groups is 2. The Labute approximate surface area is 224 Å². The van der Waals surface area contributed by atoms with Crippen molar-refractivity contribution in [2.75, 3.05) is 18.4 Å². The van der Waals surface area contributed by atoms with Crippen LogP contribution in [0.25, 0.3) is 0 Å². The molecule has 0 unspecified atom stereocenters. The highest BCUT2D eigenvalue weighted by Gasteiger charge is 2.25. The van der Waals surface area contributed by atoms with Crippen LogP contribution < -0.4 is 10.6 Å². The molecule has 37 heavy (non-hydrogen) atoms. The van der Waals surface area contributed by atoms with Crippen LogP contribution in [0.3, 0.4) is 0 Å². The first-order valence-corrected chi connectivity index (χ1v) is 13.2. The summed E-state index contributed by atoms with van der Waals surface area (Å²) in [4.78, 5) is 27.1. The first kappa shape index (κ1) is 26.7. The maximum Gasteiger partial charge on any atom is 0.411 e. The van der Waals surface area contributed by atoms with Gasteiger partial charge in [-0.25, -0.2) is 4.79 Å². The molecule has 1 aliphatic rings. The number of amides is 2. The van der Waals surface area contributed by atoms with Gasteiger partial charge in [-0.1, -0.05) is 73.1 Å². The van der Waals surface area contributed by atoms with Crippen LogP contribution >= 0.6 is 11.6 Å². The molecule has 0 aromatic heterocycles. The van der Waals surface area contributed by atoms with E-state index in [9.17, 15) is 9.59 Å². The van der Waals surface area contributed by atoms with Crippen LogP contribution in [0.2, 0.25) is 5.02 Å². The molecule has 0 radical (unpaired) electrons. The number of carbonyl (C=O) groups excluding carboxylic acids is 2. The van der Waals surface area contributed by atoms with E-state index in [1.165, 1.54) is 11.1 Å². The van der Waals surface area contributed by atoms with Crippen molar-refractivity contribution >= 4 is 29.3 Å². The molecule has 1 fully saturated rings. The van der Waals surface area contributed by atoms with Crippen molar-refractivity contribution in [1.82, 2.24) is 10.2 Å². The van der Waals surface area contributed by atoms with Gasteiger partial charge >= 0.3 is 6.09 Å². The highest BCUT2D eigenvalue weighted by Crippen LogP contribution is 2.21. The molecule has 0 saturated carbocycles. The number of rotatable bonds is 9. The van der Waals surface area contributed by atoms with Crippen molar-refractivity contribution < 1.29 is 14.3 Å². The quantitative estimate of drug-likeness (QED) is 0.354. The molecule has 2 N–H and O–H groups in total. The maximum atomic E-state index is 12.6. The smallest absolute Gasteiger partial charge is 0.411 e. The third-order valence-corrected chi connectivity index (χ3v) is 7.15. The molecule has 0 atom stereocenters. The number of likely N-dealkylation sites (tertiary alicyclic amines) is 1. The average molecular weight is 520 g/mol. The van der Waals surface area contributed by atoms with E-state index in [0.717, 1.165) is 55.7 Å². The third kappa shape index (κ3) is 8.07. The fraction of sp³-hybridized carbons (Fsp3) is 0.333. The van der Waals surface area contributed by atoms with E-state index >= 15 is 0 Å². The Morgan fingerprint density at radius 2 is 1.57 bits per heavy atom. The molecule has 0 aliphatic carbocycles. The van der Waals surface area contributed by atoms with Gasteiger partial charge in [0.05, 0.1) is 0 Å². The highest BCUT2D eigenvalue weighted by atomic mass is 35.5. The Morgan fingerprint density at radius 1 is 0.919 bits per heavy atom. The molecule has 0 bridgehead atoms. The zero-order chi connectivity index (χ0) is 26.0. The van der Waals surface area contributed by atoms with Crippen LogP contribution in [-0.2, 0) is 35.6 Å². The van der Waals surface area contributed by atoms with E-state index < -0.39 is 6.09 Å². The summed E-state index contributed by atoms with van der Waals surface area (Å²) >= 11 is 6.19. The summed E-state index contributed by atoms with van der Waals surface area (Å²) in [6.45, 7) is 5.37. The summed E-state index contributed by atoms with van der Waals surface area (Å²) in [6.07, 6.45) is 2.18. The Balaban J connectivity index is 1.16. The number of halogens is 1. The predicted octanol–water partition coefficient (Wildman–Crippen LogP) is 6.18. The maximum absolute atomic E-state index is 12.6. The van der Waals surface area contributed by atoms with Gasteiger partial charge in [0, 0.05) is 29.7 Å². The molecular weight excluding hydrogens is 486 g/mol. The van der Waals surface area contributed by atoms with E-state index in [2.05, 4.69) is 34.6 Å². The summed E-state index contributed by atoms with van der Waals surface area (Å²) in [5, 5.41) is 6.47. The number of benzene rings is 3. The minimum atomic E-state index is -0.466. The second-order valence-electron chi connectivity index (χ2n) is 9.43. The SMILES string of the molecule is CCc1ccc(NC(=O)OCc2ccc(CN3CCC(C(=O)NCc4ccccc4Cl)CC3)cc2)cc1. The van der Waals surface area contributed by atoms with E-state index in [0.29, 0.717) is 11.6 Å². The number of aryl methyl sites for hydroxylation is 1. The fourth-order valence-corrected chi connectivity index (χ4v) is 4.65. The van der Waals surface area contributed by atoms with Crippen LogP contribution in [0.1, 0.15) is 42.0 Å². The van der Waals surface area contributed by atoms with Gasteiger partial charge in [0.15, 0.2) is 0 Å². The zero-order valence-corrected chi connectivity index (χ0v) is 22.0. The largest absolute Gasteiger partial charge is 0.444 e. The van der Waals surface area contributed by atoms with Gasteiger partial charge in [0.2, 0.25) is 5.91 Å². The Hall–Kier alpha value is -3.35. The summed E-state index contributed by atoms with van der Waals surface area (Å²) < 4.78 is 5.36. The molecule has 1 saturated heterocycles. The number of hydrogen-bond donors (Lipinski definition) is 2. The van der Waals surface area contributed by atoms with E-state index in [1.54, 1.807) is 0 Å². The lowest BCUT2D eigenvalue weighted by Gasteiger charge is -2.31. The van der Waals surface area contributed by atoms with Gasteiger partial charge in [-0.05, 0) is 72.8 Å². The van der Waals surface area contributed by atoms with E-state index in [1.807, 2.05) is 60.7 Å². The van der Waals surface area contributed by atoms with Gasteiger partial charge in [0.25, 0.3) is 0 Å². The Bertz CT molecular complexity index is 1170. The van der Waals surface area contributed by atoms with Crippen LogP contribution in [-0.4, -0.2) is 30.0 Å².